The molecule has 0 heterocycles. The Morgan fingerprint density at radius 1 is 0.963 bits per heavy atom. The molecule has 0 fully saturated rings. The van der Waals surface area contributed by atoms with E-state index in [1.54, 1.807) is 0 Å². The summed E-state index contributed by atoms with van der Waals surface area (Å²) in [5.74, 6) is 0. The Bertz CT molecular complexity index is 390. The first-order valence-electron chi connectivity index (χ1n) is 10.1. The first-order valence-corrected chi connectivity index (χ1v) is 11.6. The molecule has 0 rings (SSSR count). The van der Waals surface area contributed by atoms with Crippen molar-refractivity contribution < 1.29 is 32.7 Å². The summed E-state index contributed by atoms with van der Waals surface area (Å²) in [4.78, 5) is 9.48. The Hall–Kier alpha value is -0.430. The number of unbranched alkanes of at least 4 members (excludes halogenated alkanes) is 5. The van der Waals surface area contributed by atoms with Gasteiger partial charge in [0.05, 0.1) is 32.2 Å². The average Bonchev–Trinajstić information content (AvgIpc) is 2.64. The molecule has 8 heteroatoms. The van der Waals surface area contributed by atoms with Crippen molar-refractivity contribution in [3.8, 4) is 0 Å². The van der Waals surface area contributed by atoms with Crippen LogP contribution in [0.15, 0.2) is 12.3 Å². The van der Waals surface area contributed by atoms with E-state index in [4.69, 9.17) is 23.3 Å². The van der Waals surface area contributed by atoms with Gasteiger partial charge in [-0.25, -0.2) is 4.57 Å². The van der Waals surface area contributed by atoms with E-state index in [-0.39, 0.29) is 12.7 Å². The van der Waals surface area contributed by atoms with Crippen LogP contribution < -0.4 is 0 Å². The Labute approximate surface area is 165 Å². The minimum Gasteiger partial charge on any atom is -0.412 e. The number of hydrogen-bond donors (Lipinski definition) is 1. The molecule has 0 amide bonds. The fraction of sp³-hybridized carbons (Fsp3) is 0.895. The zero-order valence-corrected chi connectivity index (χ0v) is 18.2. The van der Waals surface area contributed by atoms with E-state index in [1.807, 2.05) is 13.8 Å². The van der Waals surface area contributed by atoms with Crippen molar-refractivity contribution in [2.24, 2.45) is 0 Å². The van der Waals surface area contributed by atoms with E-state index in [0.717, 1.165) is 64.4 Å². The highest BCUT2D eigenvalue weighted by Crippen LogP contribution is 2.43. The zero-order valence-electron chi connectivity index (χ0n) is 17.3. The average molecular weight is 410 g/mol. The molecule has 0 saturated carbocycles. The molecule has 2 atom stereocenters. The maximum Gasteiger partial charge on any atom is 0.526 e. The van der Waals surface area contributed by atoms with Gasteiger partial charge in [-0.1, -0.05) is 32.6 Å². The van der Waals surface area contributed by atoms with Crippen LogP contribution in [0.2, 0.25) is 0 Å². The molecule has 162 valence electrons. The standard InChI is InChI=1S/C19H39O7P/c1-4-13-24-19(3)18-23-14-10-8-6-7-9-11-16-25-27(20,21)26-17-12-15-22-5-2/h12,17,19H,4-11,13-16,18H2,1-3H3,(H,20,21). The highest BCUT2D eigenvalue weighted by atomic mass is 31.2. The Kier molecular flexibility index (Phi) is 18.6. The summed E-state index contributed by atoms with van der Waals surface area (Å²) in [6, 6.07) is 0. The van der Waals surface area contributed by atoms with Crippen LogP contribution >= 0.6 is 7.82 Å². The van der Waals surface area contributed by atoms with Gasteiger partial charge < -0.3 is 18.7 Å². The predicted molar refractivity (Wildman–Crippen MR) is 107 cm³/mol. The summed E-state index contributed by atoms with van der Waals surface area (Å²) in [5, 5.41) is 0. The Morgan fingerprint density at radius 3 is 2.30 bits per heavy atom. The van der Waals surface area contributed by atoms with Gasteiger partial charge >= 0.3 is 7.82 Å². The van der Waals surface area contributed by atoms with E-state index >= 15 is 0 Å². The van der Waals surface area contributed by atoms with E-state index in [0.29, 0.717) is 19.8 Å². The van der Waals surface area contributed by atoms with Crippen LogP contribution in [-0.4, -0.2) is 50.6 Å². The van der Waals surface area contributed by atoms with Crippen LogP contribution in [0.25, 0.3) is 0 Å². The summed E-state index contributed by atoms with van der Waals surface area (Å²) >= 11 is 0. The Morgan fingerprint density at radius 2 is 1.63 bits per heavy atom. The summed E-state index contributed by atoms with van der Waals surface area (Å²) < 4.78 is 37.4. The van der Waals surface area contributed by atoms with Gasteiger partial charge in [0.1, 0.15) is 0 Å². The summed E-state index contributed by atoms with van der Waals surface area (Å²) in [5.41, 5.74) is 0. The van der Waals surface area contributed by atoms with Crippen LogP contribution in [0.1, 0.15) is 65.7 Å². The fourth-order valence-corrected chi connectivity index (χ4v) is 2.85. The molecule has 0 aromatic carbocycles. The van der Waals surface area contributed by atoms with Gasteiger partial charge in [-0.05, 0) is 39.2 Å². The summed E-state index contributed by atoms with van der Waals surface area (Å²) in [6.07, 6.45) is 9.93. The van der Waals surface area contributed by atoms with Crippen molar-refractivity contribution in [1.82, 2.24) is 0 Å². The van der Waals surface area contributed by atoms with Crippen LogP contribution in [0.5, 0.6) is 0 Å². The molecule has 0 aromatic heterocycles. The first-order chi connectivity index (χ1) is 13.0. The molecule has 7 nitrogen and oxygen atoms in total. The van der Waals surface area contributed by atoms with Gasteiger partial charge in [-0.2, -0.15) is 0 Å². The number of hydrogen-bond acceptors (Lipinski definition) is 6. The number of phosphoric acid groups is 1. The third kappa shape index (κ3) is 20.1. The second-order valence-electron chi connectivity index (χ2n) is 6.32. The number of ether oxygens (including phenoxy) is 3. The Balaban J connectivity index is 3.39. The van der Waals surface area contributed by atoms with Crippen LogP contribution in [0.4, 0.5) is 0 Å². The van der Waals surface area contributed by atoms with E-state index < -0.39 is 7.82 Å². The summed E-state index contributed by atoms with van der Waals surface area (Å²) in [7, 11) is -4.00. The van der Waals surface area contributed by atoms with Gasteiger partial charge in [-0.3, -0.25) is 9.42 Å². The molecule has 2 unspecified atom stereocenters. The van der Waals surface area contributed by atoms with Crippen molar-refractivity contribution in [3.63, 3.8) is 0 Å². The van der Waals surface area contributed by atoms with Gasteiger partial charge in [0.2, 0.25) is 0 Å². The zero-order chi connectivity index (χ0) is 20.2. The quantitative estimate of drug-likeness (QED) is 0.175. The van der Waals surface area contributed by atoms with Gasteiger partial charge in [0.25, 0.3) is 0 Å². The van der Waals surface area contributed by atoms with Crippen LogP contribution in [0, 0.1) is 0 Å². The van der Waals surface area contributed by atoms with Crippen molar-refractivity contribution in [1.29, 1.82) is 0 Å². The largest absolute Gasteiger partial charge is 0.526 e. The minimum absolute atomic E-state index is 0.164. The van der Waals surface area contributed by atoms with Crippen molar-refractivity contribution in [3.05, 3.63) is 12.3 Å². The molecule has 0 aromatic rings. The maximum atomic E-state index is 11.6. The highest BCUT2D eigenvalue weighted by Gasteiger charge is 2.19. The van der Waals surface area contributed by atoms with Crippen molar-refractivity contribution >= 4 is 7.82 Å². The first kappa shape index (κ1) is 26.6. The minimum atomic E-state index is -4.00. The molecular weight excluding hydrogens is 371 g/mol. The van der Waals surface area contributed by atoms with Gasteiger partial charge in [0.15, 0.2) is 0 Å². The molecule has 0 aliphatic heterocycles. The summed E-state index contributed by atoms with van der Waals surface area (Å²) in [6.45, 7) is 9.34. The van der Waals surface area contributed by atoms with E-state index in [1.165, 1.54) is 6.08 Å². The monoisotopic (exact) mass is 410 g/mol. The second-order valence-corrected chi connectivity index (χ2v) is 7.72. The lowest BCUT2D eigenvalue weighted by molar-refractivity contribution is -0.00715. The molecule has 0 bridgehead atoms. The lowest BCUT2D eigenvalue weighted by Gasteiger charge is -2.12. The van der Waals surface area contributed by atoms with Gasteiger partial charge in [-0.15, -0.1) is 0 Å². The normalized spacial score (nSPS) is 15.1. The third-order valence-electron chi connectivity index (χ3n) is 3.60. The lowest BCUT2D eigenvalue weighted by atomic mass is 10.1. The van der Waals surface area contributed by atoms with Crippen LogP contribution in [0.3, 0.4) is 0 Å². The number of phosphoric ester groups is 1. The third-order valence-corrected chi connectivity index (χ3v) is 4.50. The smallest absolute Gasteiger partial charge is 0.412 e. The molecular formula is C19H39O7P. The molecule has 0 aliphatic rings. The van der Waals surface area contributed by atoms with Crippen molar-refractivity contribution in [2.75, 3.05) is 39.6 Å². The molecule has 1 N–H and O–H groups in total. The SMILES string of the molecule is CCCOC(C)COCCCCCCCCOP(=O)(O)OC=CCOCC. The van der Waals surface area contributed by atoms with E-state index in [9.17, 15) is 9.46 Å². The molecule has 0 aliphatic carbocycles. The van der Waals surface area contributed by atoms with Gasteiger partial charge in [0, 0.05) is 19.8 Å². The highest BCUT2D eigenvalue weighted by molar-refractivity contribution is 7.47. The van der Waals surface area contributed by atoms with E-state index in [2.05, 4.69) is 6.92 Å². The van der Waals surface area contributed by atoms with Crippen molar-refractivity contribution in [2.45, 2.75) is 71.8 Å². The second kappa shape index (κ2) is 18.9. The topological polar surface area (TPSA) is 83.5 Å². The fourth-order valence-electron chi connectivity index (χ4n) is 2.19. The molecule has 0 spiro atoms. The molecule has 0 saturated heterocycles. The predicted octanol–water partition coefficient (Wildman–Crippen LogP) is 4.84. The maximum absolute atomic E-state index is 11.6. The lowest BCUT2D eigenvalue weighted by Crippen LogP contribution is -2.16. The van der Waals surface area contributed by atoms with Crippen LogP contribution in [-0.2, 0) is 27.8 Å². The molecule has 27 heavy (non-hydrogen) atoms. The number of rotatable bonds is 20. The molecule has 0 radical (unpaired) electrons.